The Morgan fingerprint density at radius 3 is 2.33 bits per heavy atom. The third-order valence-electron chi connectivity index (χ3n) is 5.30. The Balaban J connectivity index is 1.41. The van der Waals surface area contributed by atoms with Crippen molar-refractivity contribution < 1.29 is 19.1 Å². The molecular weight excluding hydrogens is 382 g/mol. The Kier molecular flexibility index (Phi) is 5.70. The number of hydrogen-bond donors (Lipinski definition) is 2. The number of nitrogens with zero attached hydrogens (tertiary/aromatic N) is 1. The lowest BCUT2D eigenvalue weighted by Gasteiger charge is -2.20. The molecule has 7 heteroatoms. The van der Waals surface area contributed by atoms with E-state index in [1.54, 1.807) is 29.2 Å². The number of benzene rings is 2. The van der Waals surface area contributed by atoms with Crippen LogP contribution in [0.1, 0.15) is 26.2 Å². The number of carbonyl (C=O) groups is 3. The molecule has 1 unspecified atom stereocenters. The fourth-order valence-corrected chi connectivity index (χ4v) is 3.58. The Bertz CT molecular complexity index is 970. The number of anilines is 3. The molecule has 1 atom stereocenters. The predicted octanol–water partition coefficient (Wildman–Crippen LogP) is 3.43. The molecule has 4 rings (SSSR count). The van der Waals surface area contributed by atoms with Crippen molar-refractivity contribution in [2.24, 2.45) is 11.8 Å². The lowest BCUT2D eigenvalue weighted by Crippen LogP contribution is -2.28. The standard InChI is InChI=1S/C23H25N3O4/c1-2-30-20-9-4-3-8-19(20)26-14-16(12-21(26)27)23(29)25-18-7-5-6-17(13-18)24-22(28)15-10-11-15/h3-9,13,15-16H,2,10-12,14H2,1H3,(H,24,28)(H,25,29). The van der Waals surface area contributed by atoms with Crippen LogP contribution in [0.3, 0.4) is 0 Å². The maximum absolute atomic E-state index is 12.8. The molecule has 7 nitrogen and oxygen atoms in total. The van der Waals surface area contributed by atoms with Gasteiger partial charge in [-0.05, 0) is 50.1 Å². The van der Waals surface area contributed by atoms with Crippen LogP contribution in [0.2, 0.25) is 0 Å². The van der Waals surface area contributed by atoms with Crippen LogP contribution in [-0.4, -0.2) is 30.9 Å². The zero-order valence-electron chi connectivity index (χ0n) is 16.9. The Morgan fingerprint density at radius 1 is 1.00 bits per heavy atom. The van der Waals surface area contributed by atoms with Gasteiger partial charge in [0.1, 0.15) is 5.75 Å². The molecule has 1 aliphatic heterocycles. The molecule has 30 heavy (non-hydrogen) atoms. The van der Waals surface area contributed by atoms with E-state index in [4.69, 9.17) is 4.74 Å². The summed E-state index contributed by atoms with van der Waals surface area (Å²) in [4.78, 5) is 38.9. The van der Waals surface area contributed by atoms with Gasteiger partial charge in [-0.2, -0.15) is 0 Å². The van der Waals surface area contributed by atoms with Crippen LogP contribution < -0.4 is 20.3 Å². The highest BCUT2D eigenvalue weighted by Crippen LogP contribution is 2.34. The molecule has 0 spiro atoms. The van der Waals surface area contributed by atoms with Crippen molar-refractivity contribution >= 4 is 34.8 Å². The SMILES string of the molecule is CCOc1ccccc1N1CC(C(=O)Nc2cccc(NC(=O)C3CC3)c2)CC1=O. The molecule has 1 aliphatic carbocycles. The molecule has 1 saturated heterocycles. The summed E-state index contributed by atoms with van der Waals surface area (Å²) in [7, 11) is 0. The van der Waals surface area contributed by atoms with Crippen LogP contribution in [0.4, 0.5) is 17.1 Å². The molecule has 0 aromatic heterocycles. The molecule has 2 aliphatic rings. The largest absolute Gasteiger partial charge is 0.492 e. The second-order valence-corrected chi connectivity index (χ2v) is 7.64. The fraction of sp³-hybridized carbons (Fsp3) is 0.348. The van der Waals surface area contributed by atoms with Crippen molar-refractivity contribution in [1.29, 1.82) is 0 Å². The Hall–Kier alpha value is -3.35. The van der Waals surface area contributed by atoms with E-state index in [0.29, 0.717) is 36.0 Å². The molecule has 1 heterocycles. The first-order valence-electron chi connectivity index (χ1n) is 10.3. The summed E-state index contributed by atoms with van der Waals surface area (Å²) in [6.45, 7) is 2.68. The van der Waals surface area contributed by atoms with Crippen LogP contribution in [-0.2, 0) is 14.4 Å². The lowest BCUT2D eigenvalue weighted by molar-refractivity contribution is -0.122. The number of rotatable bonds is 7. The van der Waals surface area contributed by atoms with Gasteiger partial charge in [0.05, 0.1) is 18.2 Å². The molecule has 0 bridgehead atoms. The number of hydrogen-bond acceptors (Lipinski definition) is 4. The summed E-state index contributed by atoms with van der Waals surface area (Å²) in [5.74, 6) is -0.0228. The molecule has 3 amide bonds. The first-order chi connectivity index (χ1) is 14.5. The van der Waals surface area contributed by atoms with E-state index in [9.17, 15) is 14.4 Å². The number of para-hydroxylation sites is 2. The predicted molar refractivity (Wildman–Crippen MR) is 114 cm³/mol. The van der Waals surface area contributed by atoms with Gasteiger partial charge in [-0.1, -0.05) is 18.2 Å². The van der Waals surface area contributed by atoms with Gasteiger partial charge >= 0.3 is 0 Å². The van der Waals surface area contributed by atoms with Crippen LogP contribution in [0.5, 0.6) is 5.75 Å². The number of amides is 3. The first-order valence-corrected chi connectivity index (χ1v) is 10.3. The van der Waals surface area contributed by atoms with Crippen molar-refractivity contribution in [3.8, 4) is 5.75 Å². The van der Waals surface area contributed by atoms with Crippen molar-refractivity contribution in [3.05, 3.63) is 48.5 Å². The fourth-order valence-electron chi connectivity index (χ4n) is 3.58. The van der Waals surface area contributed by atoms with Gasteiger partial charge in [0, 0.05) is 30.3 Å². The van der Waals surface area contributed by atoms with E-state index in [-0.39, 0.29) is 30.1 Å². The van der Waals surface area contributed by atoms with Crippen molar-refractivity contribution in [3.63, 3.8) is 0 Å². The maximum Gasteiger partial charge on any atom is 0.229 e. The average Bonchev–Trinajstić information content (AvgIpc) is 3.51. The van der Waals surface area contributed by atoms with E-state index in [1.165, 1.54) is 0 Å². The molecule has 2 N–H and O–H groups in total. The first kappa shape index (κ1) is 19.9. The summed E-state index contributed by atoms with van der Waals surface area (Å²) >= 11 is 0. The van der Waals surface area contributed by atoms with Gasteiger partial charge in [0.15, 0.2) is 0 Å². The molecule has 2 fully saturated rings. The summed E-state index contributed by atoms with van der Waals surface area (Å²) in [6, 6.07) is 14.4. The van der Waals surface area contributed by atoms with Gasteiger partial charge in [0.25, 0.3) is 0 Å². The second kappa shape index (κ2) is 8.57. The van der Waals surface area contributed by atoms with E-state index >= 15 is 0 Å². The highest BCUT2D eigenvalue weighted by Gasteiger charge is 2.36. The van der Waals surface area contributed by atoms with Crippen LogP contribution in [0, 0.1) is 11.8 Å². The average molecular weight is 407 g/mol. The number of carbonyl (C=O) groups excluding carboxylic acids is 3. The lowest BCUT2D eigenvalue weighted by atomic mass is 10.1. The summed E-state index contributed by atoms with van der Waals surface area (Å²) < 4.78 is 5.63. The zero-order valence-corrected chi connectivity index (χ0v) is 16.9. The normalized spacial score (nSPS) is 18.2. The summed E-state index contributed by atoms with van der Waals surface area (Å²) in [5, 5.41) is 5.75. The maximum atomic E-state index is 12.8. The van der Waals surface area contributed by atoms with Gasteiger partial charge < -0.3 is 20.3 Å². The highest BCUT2D eigenvalue weighted by atomic mass is 16.5. The Morgan fingerprint density at radius 2 is 1.67 bits per heavy atom. The van der Waals surface area contributed by atoms with Crippen molar-refractivity contribution in [2.45, 2.75) is 26.2 Å². The van der Waals surface area contributed by atoms with E-state index in [0.717, 1.165) is 12.8 Å². The quantitative estimate of drug-likeness (QED) is 0.736. The minimum atomic E-state index is -0.461. The minimum absolute atomic E-state index is 0.0171. The number of ether oxygens (including phenoxy) is 1. The molecule has 0 radical (unpaired) electrons. The van der Waals surface area contributed by atoms with Gasteiger partial charge in [0.2, 0.25) is 17.7 Å². The summed E-state index contributed by atoms with van der Waals surface area (Å²) in [6.07, 6.45) is 2.01. The highest BCUT2D eigenvalue weighted by molar-refractivity contribution is 6.04. The second-order valence-electron chi connectivity index (χ2n) is 7.64. The van der Waals surface area contributed by atoms with Crippen molar-refractivity contribution in [1.82, 2.24) is 0 Å². The molecular formula is C23H25N3O4. The molecule has 2 aromatic rings. The number of nitrogens with one attached hydrogen (secondary N) is 2. The van der Waals surface area contributed by atoms with E-state index < -0.39 is 5.92 Å². The molecule has 1 saturated carbocycles. The monoisotopic (exact) mass is 407 g/mol. The Labute approximate surface area is 175 Å². The third-order valence-corrected chi connectivity index (χ3v) is 5.30. The van der Waals surface area contributed by atoms with Crippen LogP contribution >= 0.6 is 0 Å². The topological polar surface area (TPSA) is 87.7 Å². The minimum Gasteiger partial charge on any atom is -0.492 e. The molecule has 156 valence electrons. The van der Waals surface area contributed by atoms with Crippen LogP contribution in [0.15, 0.2) is 48.5 Å². The summed E-state index contributed by atoms with van der Waals surface area (Å²) in [5.41, 5.74) is 1.93. The van der Waals surface area contributed by atoms with Crippen molar-refractivity contribution in [2.75, 3.05) is 28.7 Å². The van der Waals surface area contributed by atoms with Gasteiger partial charge in [-0.15, -0.1) is 0 Å². The van der Waals surface area contributed by atoms with Gasteiger partial charge in [-0.25, -0.2) is 0 Å². The zero-order chi connectivity index (χ0) is 21.1. The van der Waals surface area contributed by atoms with Gasteiger partial charge in [-0.3, -0.25) is 14.4 Å². The third kappa shape index (κ3) is 4.45. The van der Waals surface area contributed by atoms with E-state index in [2.05, 4.69) is 10.6 Å². The van der Waals surface area contributed by atoms with Crippen LogP contribution in [0.25, 0.3) is 0 Å². The molecule has 2 aromatic carbocycles. The van der Waals surface area contributed by atoms with E-state index in [1.807, 2.05) is 31.2 Å². The smallest absolute Gasteiger partial charge is 0.229 e.